The first-order valence-electron chi connectivity index (χ1n) is 8.74. The van der Waals surface area contributed by atoms with Gasteiger partial charge in [-0.2, -0.15) is 0 Å². The summed E-state index contributed by atoms with van der Waals surface area (Å²) in [5.74, 6) is 2.22. The Hall–Kier alpha value is -3.15. The van der Waals surface area contributed by atoms with E-state index in [4.69, 9.17) is 24.7 Å². The molecule has 1 aliphatic rings. The van der Waals surface area contributed by atoms with E-state index in [0.29, 0.717) is 46.2 Å². The smallest absolute Gasteiger partial charge is 0.231 e. The topological polar surface area (TPSA) is 80.0 Å². The third-order valence-electron chi connectivity index (χ3n) is 4.36. The Kier molecular flexibility index (Phi) is 5.54. The van der Waals surface area contributed by atoms with Crippen LogP contribution in [0.25, 0.3) is 6.08 Å². The number of carbonyl (C=O) groups excluding carboxylic acids is 1. The fourth-order valence-corrected chi connectivity index (χ4v) is 3.06. The number of Topliss-reactive ketones (excluding diaryl/α,β-unsaturated/α-hetero) is 1. The summed E-state index contributed by atoms with van der Waals surface area (Å²) in [4.78, 5) is 13.1. The zero-order valence-corrected chi connectivity index (χ0v) is 15.7. The second kappa shape index (κ2) is 8.03. The number of ketones is 1. The summed E-state index contributed by atoms with van der Waals surface area (Å²) in [7, 11) is 3.11. The average Bonchev–Trinajstić information content (AvgIpc) is 3.15. The van der Waals surface area contributed by atoms with Crippen molar-refractivity contribution in [1.29, 1.82) is 0 Å². The Balaban J connectivity index is 2.00. The predicted molar refractivity (Wildman–Crippen MR) is 104 cm³/mol. The molecular formula is C21H23NO5. The molecule has 3 rings (SSSR count). The maximum absolute atomic E-state index is 13.1. The van der Waals surface area contributed by atoms with E-state index in [1.165, 1.54) is 0 Å². The zero-order chi connectivity index (χ0) is 19.4. The maximum atomic E-state index is 13.1. The Morgan fingerprint density at radius 2 is 2.00 bits per heavy atom. The van der Waals surface area contributed by atoms with Gasteiger partial charge in [-0.1, -0.05) is 13.3 Å². The highest BCUT2D eigenvalue weighted by molar-refractivity contribution is 6.12. The van der Waals surface area contributed by atoms with E-state index in [-0.39, 0.29) is 12.6 Å². The number of anilines is 1. The summed E-state index contributed by atoms with van der Waals surface area (Å²) in [6.07, 6.45) is 3.30. The molecule has 6 heteroatoms. The highest BCUT2D eigenvalue weighted by Crippen LogP contribution is 2.44. The first-order valence-corrected chi connectivity index (χ1v) is 8.74. The number of methoxy groups -OCH3 is 2. The number of carbonyl (C=O) groups is 1. The van der Waals surface area contributed by atoms with Crippen LogP contribution in [-0.2, 0) is 0 Å². The van der Waals surface area contributed by atoms with Crippen LogP contribution in [0.3, 0.4) is 0 Å². The normalized spacial score (nSPS) is 12.8. The minimum absolute atomic E-state index is 0.0778. The number of hydrogen-bond acceptors (Lipinski definition) is 6. The van der Waals surface area contributed by atoms with Crippen LogP contribution in [0.15, 0.2) is 35.9 Å². The molecule has 2 aromatic carbocycles. The van der Waals surface area contributed by atoms with Crippen molar-refractivity contribution < 1.29 is 23.7 Å². The number of ether oxygens (including phenoxy) is 4. The van der Waals surface area contributed by atoms with E-state index in [1.54, 1.807) is 32.4 Å². The molecule has 0 unspecified atom stereocenters. The second-order valence-corrected chi connectivity index (χ2v) is 6.13. The molecule has 0 bridgehead atoms. The first-order chi connectivity index (χ1) is 13.1. The quantitative estimate of drug-likeness (QED) is 0.450. The molecule has 2 aromatic rings. The van der Waals surface area contributed by atoms with Gasteiger partial charge in [-0.05, 0) is 42.8 Å². The lowest BCUT2D eigenvalue weighted by Gasteiger charge is -2.12. The van der Waals surface area contributed by atoms with Gasteiger partial charge in [0, 0.05) is 16.7 Å². The Morgan fingerprint density at radius 3 is 2.67 bits per heavy atom. The Labute approximate surface area is 158 Å². The third-order valence-corrected chi connectivity index (χ3v) is 4.36. The lowest BCUT2D eigenvalue weighted by molar-refractivity contribution is 0.103. The van der Waals surface area contributed by atoms with E-state index in [9.17, 15) is 4.79 Å². The van der Waals surface area contributed by atoms with Crippen molar-refractivity contribution in [2.24, 2.45) is 0 Å². The van der Waals surface area contributed by atoms with E-state index < -0.39 is 0 Å². The van der Waals surface area contributed by atoms with Crippen LogP contribution in [0.2, 0.25) is 0 Å². The van der Waals surface area contributed by atoms with Gasteiger partial charge >= 0.3 is 0 Å². The molecule has 0 radical (unpaired) electrons. The first kappa shape index (κ1) is 18.6. The minimum Gasteiger partial charge on any atom is -0.495 e. The van der Waals surface area contributed by atoms with Crippen molar-refractivity contribution in [3.8, 4) is 23.0 Å². The molecule has 0 aromatic heterocycles. The molecule has 0 saturated carbocycles. The molecule has 0 saturated heterocycles. The van der Waals surface area contributed by atoms with E-state index >= 15 is 0 Å². The molecule has 1 aliphatic heterocycles. The number of allylic oxidation sites excluding steroid dienone is 1. The van der Waals surface area contributed by atoms with Gasteiger partial charge in [0.25, 0.3) is 0 Å². The number of nitrogen functional groups attached to an aromatic ring is 1. The van der Waals surface area contributed by atoms with Gasteiger partial charge in [-0.25, -0.2) is 0 Å². The third kappa shape index (κ3) is 3.69. The van der Waals surface area contributed by atoms with E-state index in [2.05, 4.69) is 0 Å². The van der Waals surface area contributed by atoms with Crippen LogP contribution in [0, 0.1) is 0 Å². The van der Waals surface area contributed by atoms with Gasteiger partial charge in [-0.3, -0.25) is 4.79 Å². The van der Waals surface area contributed by atoms with Crippen LogP contribution in [-0.4, -0.2) is 26.8 Å². The van der Waals surface area contributed by atoms with Gasteiger partial charge < -0.3 is 24.7 Å². The van der Waals surface area contributed by atoms with Crippen molar-refractivity contribution in [1.82, 2.24) is 0 Å². The van der Waals surface area contributed by atoms with E-state index in [0.717, 1.165) is 12.0 Å². The Bertz CT molecular complexity index is 888. The molecule has 2 N–H and O–H groups in total. The summed E-state index contributed by atoms with van der Waals surface area (Å²) >= 11 is 0. The molecule has 6 nitrogen and oxygen atoms in total. The SMILES string of the molecule is CCC/C(=C\c1ccc2c(c1OC)OCO2)C(=O)c1ccc(OC)c(N)c1. The molecule has 0 atom stereocenters. The standard InChI is InChI=1S/C21H23NO5/c1-4-5-13(19(23)14-6-8-17(24-2)16(22)11-14)10-15-7-9-18-21(20(15)25-3)27-12-26-18/h6-11H,4-5,12,22H2,1-3H3/b13-10+. The zero-order valence-electron chi connectivity index (χ0n) is 15.7. The molecular weight excluding hydrogens is 346 g/mol. The lowest BCUT2D eigenvalue weighted by Crippen LogP contribution is -2.05. The van der Waals surface area contributed by atoms with Crippen molar-refractivity contribution >= 4 is 17.5 Å². The minimum atomic E-state index is -0.0778. The molecule has 27 heavy (non-hydrogen) atoms. The lowest BCUT2D eigenvalue weighted by atomic mass is 9.96. The van der Waals surface area contributed by atoms with Crippen molar-refractivity contribution in [3.05, 3.63) is 47.0 Å². The molecule has 1 heterocycles. The average molecular weight is 369 g/mol. The highest BCUT2D eigenvalue weighted by Gasteiger charge is 2.22. The Morgan fingerprint density at radius 1 is 1.19 bits per heavy atom. The summed E-state index contributed by atoms with van der Waals surface area (Å²) in [5.41, 5.74) is 8.34. The van der Waals surface area contributed by atoms with Gasteiger partial charge in [0.1, 0.15) is 5.75 Å². The van der Waals surface area contributed by atoms with Gasteiger partial charge in [0.15, 0.2) is 17.3 Å². The molecule has 0 amide bonds. The van der Waals surface area contributed by atoms with Crippen LogP contribution in [0.5, 0.6) is 23.0 Å². The van der Waals surface area contributed by atoms with Crippen molar-refractivity contribution in [2.75, 3.05) is 26.7 Å². The fraction of sp³-hybridized carbons (Fsp3) is 0.286. The second-order valence-electron chi connectivity index (χ2n) is 6.13. The van der Waals surface area contributed by atoms with Crippen LogP contribution in [0.4, 0.5) is 5.69 Å². The number of benzene rings is 2. The monoisotopic (exact) mass is 369 g/mol. The van der Waals surface area contributed by atoms with Gasteiger partial charge in [0.05, 0.1) is 19.9 Å². The number of rotatable bonds is 7. The molecule has 142 valence electrons. The van der Waals surface area contributed by atoms with Crippen molar-refractivity contribution in [3.63, 3.8) is 0 Å². The maximum Gasteiger partial charge on any atom is 0.231 e. The highest BCUT2D eigenvalue weighted by atomic mass is 16.7. The number of hydrogen-bond donors (Lipinski definition) is 1. The van der Waals surface area contributed by atoms with E-state index in [1.807, 2.05) is 25.1 Å². The molecule has 0 spiro atoms. The summed E-state index contributed by atoms with van der Waals surface area (Å²) in [6.45, 7) is 2.19. The van der Waals surface area contributed by atoms with Crippen LogP contribution >= 0.6 is 0 Å². The fourth-order valence-electron chi connectivity index (χ4n) is 3.06. The van der Waals surface area contributed by atoms with Crippen LogP contribution in [0.1, 0.15) is 35.7 Å². The number of nitrogens with two attached hydrogens (primary N) is 1. The summed E-state index contributed by atoms with van der Waals surface area (Å²) < 4.78 is 21.5. The van der Waals surface area contributed by atoms with Gasteiger partial charge in [-0.15, -0.1) is 0 Å². The predicted octanol–water partition coefficient (Wildman–Crippen LogP) is 4.08. The number of fused-ring (bicyclic) bond motifs is 1. The summed E-state index contributed by atoms with van der Waals surface area (Å²) in [5, 5.41) is 0. The van der Waals surface area contributed by atoms with Crippen molar-refractivity contribution in [2.45, 2.75) is 19.8 Å². The largest absolute Gasteiger partial charge is 0.495 e. The molecule has 0 fully saturated rings. The molecule has 0 aliphatic carbocycles. The van der Waals surface area contributed by atoms with Crippen LogP contribution < -0.4 is 24.7 Å². The summed E-state index contributed by atoms with van der Waals surface area (Å²) in [6, 6.07) is 8.74. The van der Waals surface area contributed by atoms with Gasteiger partial charge in [0.2, 0.25) is 12.5 Å².